The summed E-state index contributed by atoms with van der Waals surface area (Å²) in [5, 5.41) is 13.5. The summed E-state index contributed by atoms with van der Waals surface area (Å²) in [6.07, 6.45) is -3.16. The van der Waals surface area contributed by atoms with Crippen molar-refractivity contribution in [3.63, 3.8) is 0 Å². The number of carbonyl (C=O) groups is 1. The van der Waals surface area contributed by atoms with Crippen LogP contribution in [0.25, 0.3) is 11.1 Å². The summed E-state index contributed by atoms with van der Waals surface area (Å²) in [6, 6.07) is 11.8. The Balaban J connectivity index is 1.41. The second-order valence-corrected chi connectivity index (χ2v) is 11.9. The van der Waals surface area contributed by atoms with Gasteiger partial charge in [-0.15, -0.1) is 0 Å². The van der Waals surface area contributed by atoms with E-state index >= 15 is 8.78 Å². The van der Waals surface area contributed by atoms with Crippen LogP contribution in [0.3, 0.4) is 0 Å². The number of rotatable bonds is 8. The van der Waals surface area contributed by atoms with Crippen LogP contribution < -0.4 is 9.80 Å². The maximum Gasteiger partial charge on any atom is 0.339 e. The van der Waals surface area contributed by atoms with Crippen molar-refractivity contribution in [2.45, 2.75) is 38.7 Å². The molecule has 2 aromatic carbocycles. The molecular weight excluding hydrogens is 574 g/mol. The summed E-state index contributed by atoms with van der Waals surface area (Å²) in [7, 11) is 0. The lowest BCUT2D eigenvalue weighted by molar-refractivity contribution is -0.0298. The molecular formula is C30H34ClF4N5O2. The first kappa shape index (κ1) is 30.2. The molecule has 3 aromatic rings. The molecule has 3 heterocycles. The van der Waals surface area contributed by atoms with Crippen molar-refractivity contribution in [3.8, 4) is 11.1 Å². The van der Waals surface area contributed by atoms with E-state index in [0.29, 0.717) is 22.2 Å². The predicted octanol–water partition coefficient (Wildman–Crippen LogP) is 6.70. The molecule has 1 atom stereocenters. The number of carboxylic acids is 1. The van der Waals surface area contributed by atoms with Gasteiger partial charge in [0.15, 0.2) is 0 Å². The molecule has 0 amide bonds. The zero-order chi connectivity index (χ0) is 30.2. The number of alkyl halides is 4. The van der Waals surface area contributed by atoms with Crippen molar-refractivity contribution in [1.29, 1.82) is 0 Å². The molecule has 2 saturated heterocycles. The third kappa shape index (κ3) is 6.52. The standard InChI is InChI=1S/C30H34ClF4N5O2/c1-19(2)16-37-9-11-38(12-10-37)22-6-3-20(4-7-22)24-8-5-21(31)13-26(24)39-17-23(14-30(34,35)18-39)40-27(28(32)33)25(15-36-40)29(41)42/h3-8,13,15,19,23,28H,9-12,14,16-18H2,1-2H3,(H,41,42). The van der Waals surface area contributed by atoms with E-state index in [0.717, 1.165) is 54.9 Å². The molecule has 2 aliphatic rings. The second-order valence-electron chi connectivity index (χ2n) is 11.5. The van der Waals surface area contributed by atoms with Crippen molar-refractivity contribution in [3.05, 3.63) is 64.9 Å². The Hall–Kier alpha value is -3.31. The highest BCUT2D eigenvalue weighted by atomic mass is 35.5. The van der Waals surface area contributed by atoms with Gasteiger partial charge < -0.3 is 14.9 Å². The first-order chi connectivity index (χ1) is 19.9. The van der Waals surface area contributed by atoms with E-state index < -0.39 is 48.6 Å². The lowest BCUT2D eigenvalue weighted by Crippen LogP contribution is -2.48. The summed E-state index contributed by atoms with van der Waals surface area (Å²) in [5.74, 6) is -4.22. The lowest BCUT2D eigenvalue weighted by atomic mass is 9.97. The van der Waals surface area contributed by atoms with E-state index in [1.807, 2.05) is 24.3 Å². The normalized spacial score (nSPS) is 19.6. The molecule has 2 aliphatic heterocycles. The number of benzene rings is 2. The van der Waals surface area contributed by atoms with Crippen molar-refractivity contribution in [2.24, 2.45) is 5.92 Å². The third-order valence-corrected chi connectivity index (χ3v) is 8.08. The van der Waals surface area contributed by atoms with E-state index in [4.69, 9.17) is 11.6 Å². The van der Waals surface area contributed by atoms with Gasteiger partial charge in [-0.25, -0.2) is 22.4 Å². The molecule has 42 heavy (non-hydrogen) atoms. The Bertz CT molecular complexity index is 1410. The van der Waals surface area contributed by atoms with Crippen LogP contribution in [-0.2, 0) is 0 Å². The van der Waals surface area contributed by atoms with Gasteiger partial charge in [0.2, 0.25) is 0 Å². The monoisotopic (exact) mass is 607 g/mol. The molecule has 12 heteroatoms. The Kier molecular flexibility index (Phi) is 8.71. The van der Waals surface area contributed by atoms with Crippen LogP contribution in [0, 0.1) is 5.92 Å². The van der Waals surface area contributed by atoms with Crippen molar-refractivity contribution in [2.75, 3.05) is 55.6 Å². The summed E-state index contributed by atoms with van der Waals surface area (Å²) >= 11 is 6.32. The van der Waals surface area contributed by atoms with Gasteiger partial charge in [0.05, 0.1) is 18.8 Å². The molecule has 1 N–H and O–H groups in total. The lowest BCUT2D eigenvalue weighted by Gasteiger charge is -2.40. The third-order valence-electron chi connectivity index (χ3n) is 7.84. The van der Waals surface area contributed by atoms with Crippen molar-refractivity contribution < 1.29 is 27.5 Å². The zero-order valence-electron chi connectivity index (χ0n) is 23.5. The summed E-state index contributed by atoms with van der Waals surface area (Å²) in [5.41, 5.74) is 1.41. The molecule has 0 spiro atoms. The predicted molar refractivity (Wildman–Crippen MR) is 155 cm³/mol. The quantitative estimate of drug-likeness (QED) is 0.287. The van der Waals surface area contributed by atoms with Crippen LogP contribution in [0.2, 0.25) is 5.02 Å². The van der Waals surface area contributed by atoms with Gasteiger partial charge >= 0.3 is 5.97 Å². The van der Waals surface area contributed by atoms with Gasteiger partial charge in [0.25, 0.3) is 12.3 Å². The van der Waals surface area contributed by atoms with E-state index in [9.17, 15) is 18.7 Å². The van der Waals surface area contributed by atoms with Crippen LogP contribution in [0.1, 0.15) is 48.8 Å². The van der Waals surface area contributed by atoms with Crippen LogP contribution in [0.15, 0.2) is 48.7 Å². The van der Waals surface area contributed by atoms with Crippen LogP contribution in [0.4, 0.5) is 28.9 Å². The number of nitrogens with zero attached hydrogens (tertiary/aromatic N) is 5. The fraction of sp³-hybridized carbons (Fsp3) is 0.467. The molecule has 1 unspecified atom stereocenters. The van der Waals surface area contributed by atoms with Crippen LogP contribution >= 0.6 is 11.6 Å². The number of piperazine rings is 1. The molecule has 0 radical (unpaired) electrons. The first-order valence-corrected chi connectivity index (χ1v) is 14.4. The molecule has 0 saturated carbocycles. The SMILES string of the molecule is CC(C)CN1CCN(c2ccc(-c3ccc(Cl)cc3N3CC(n4ncc(C(=O)O)c4C(F)F)CC(F)(F)C3)cc2)CC1. The Morgan fingerprint density at radius 2 is 1.76 bits per heavy atom. The number of carboxylic acid groups (broad SMARTS) is 1. The maximum atomic E-state index is 15.1. The summed E-state index contributed by atoms with van der Waals surface area (Å²) in [4.78, 5) is 17.7. The fourth-order valence-electron chi connectivity index (χ4n) is 6.03. The van der Waals surface area contributed by atoms with Crippen LogP contribution in [0.5, 0.6) is 0 Å². The van der Waals surface area contributed by atoms with Crippen molar-refractivity contribution >= 4 is 28.9 Å². The minimum absolute atomic E-state index is 0.0812. The van der Waals surface area contributed by atoms with Gasteiger partial charge in [0, 0.05) is 67.7 Å². The van der Waals surface area contributed by atoms with E-state index in [2.05, 4.69) is 28.7 Å². The molecule has 2 fully saturated rings. The first-order valence-electron chi connectivity index (χ1n) is 14.0. The molecule has 1 aromatic heterocycles. The Morgan fingerprint density at radius 3 is 2.38 bits per heavy atom. The molecule has 0 aliphatic carbocycles. The minimum atomic E-state index is -3.25. The number of hydrogen-bond acceptors (Lipinski definition) is 5. The molecule has 0 bridgehead atoms. The van der Waals surface area contributed by atoms with Gasteiger partial charge in [-0.3, -0.25) is 9.58 Å². The van der Waals surface area contributed by atoms with Crippen LogP contribution in [-0.4, -0.2) is 77.5 Å². The molecule has 226 valence electrons. The van der Waals surface area contributed by atoms with Crippen molar-refractivity contribution in [1.82, 2.24) is 14.7 Å². The highest BCUT2D eigenvalue weighted by Gasteiger charge is 2.43. The molecule has 7 nitrogen and oxygen atoms in total. The number of hydrogen-bond donors (Lipinski definition) is 1. The zero-order valence-corrected chi connectivity index (χ0v) is 24.2. The average Bonchev–Trinajstić information content (AvgIpc) is 3.39. The van der Waals surface area contributed by atoms with Gasteiger partial charge in [-0.1, -0.05) is 43.6 Å². The van der Waals surface area contributed by atoms with Gasteiger partial charge in [-0.2, -0.15) is 5.10 Å². The number of aromatic nitrogens is 2. The number of piperidine rings is 1. The van der Waals surface area contributed by atoms with E-state index in [-0.39, 0.29) is 6.54 Å². The smallest absolute Gasteiger partial charge is 0.339 e. The van der Waals surface area contributed by atoms with E-state index in [1.165, 1.54) is 4.90 Å². The van der Waals surface area contributed by atoms with Gasteiger partial charge in [-0.05, 0) is 35.7 Å². The minimum Gasteiger partial charge on any atom is -0.478 e. The maximum absolute atomic E-state index is 15.1. The topological polar surface area (TPSA) is 64.8 Å². The largest absolute Gasteiger partial charge is 0.478 e. The number of anilines is 2. The Labute approximate surface area is 247 Å². The Morgan fingerprint density at radius 1 is 1.07 bits per heavy atom. The van der Waals surface area contributed by atoms with E-state index in [1.54, 1.807) is 18.2 Å². The van der Waals surface area contributed by atoms with Gasteiger partial charge in [0.1, 0.15) is 11.3 Å². The summed E-state index contributed by atoms with van der Waals surface area (Å²) in [6.45, 7) is 8.59. The summed E-state index contributed by atoms with van der Waals surface area (Å²) < 4.78 is 58.8. The highest BCUT2D eigenvalue weighted by molar-refractivity contribution is 6.31. The number of halogens is 5. The molecule has 5 rings (SSSR count). The highest BCUT2D eigenvalue weighted by Crippen LogP contribution is 2.42. The average molecular weight is 608 g/mol. The fourth-order valence-corrected chi connectivity index (χ4v) is 6.20. The number of aromatic carboxylic acids is 1. The second kappa shape index (κ2) is 12.1.